The molecule has 2 aliphatic heterocycles. The number of anilines is 2. The van der Waals surface area contributed by atoms with Crippen molar-refractivity contribution in [1.29, 1.82) is 0 Å². The number of aromatic nitrogens is 5. The Balaban J connectivity index is 1.36. The van der Waals surface area contributed by atoms with Crippen molar-refractivity contribution in [3.05, 3.63) is 134 Å². The Labute approximate surface area is 276 Å². The number of nitrogens with zero attached hydrogens (tertiary/aromatic N) is 6. The highest BCUT2D eigenvalue weighted by atomic mass is 15.2. The van der Waals surface area contributed by atoms with Gasteiger partial charge in [-0.15, -0.1) is 0 Å². The third kappa shape index (κ3) is 3.31. The van der Waals surface area contributed by atoms with E-state index in [9.17, 15) is 0 Å². The van der Waals surface area contributed by atoms with E-state index in [1.807, 2.05) is 36.8 Å². The van der Waals surface area contributed by atoms with Crippen LogP contribution >= 0.6 is 0 Å². The highest BCUT2D eigenvalue weighted by Gasteiger charge is 2.44. The fourth-order valence-electron chi connectivity index (χ4n) is 8.36. The van der Waals surface area contributed by atoms with E-state index in [1.165, 1.54) is 32.9 Å². The smallest absolute Gasteiger partial charge is 0.275 e. The van der Waals surface area contributed by atoms with E-state index >= 15 is 0 Å². The number of pyridine rings is 3. The normalized spacial score (nSPS) is 15.5. The van der Waals surface area contributed by atoms with Crippen molar-refractivity contribution in [3.8, 4) is 34.5 Å². The zero-order chi connectivity index (χ0) is 31.3. The summed E-state index contributed by atoms with van der Waals surface area (Å²) in [6.07, 6.45) is 10.7. The van der Waals surface area contributed by atoms with Gasteiger partial charge in [0.25, 0.3) is 6.71 Å². The van der Waals surface area contributed by atoms with Crippen LogP contribution in [0.4, 0.5) is 11.4 Å². The number of rotatable bonds is 3. The molecule has 5 aromatic heterocycles. The highest BCUT2D eigenvalue weighted by Crippen LogP contribution is 2.44. The molecule has 0 spiro atoms. The van der Waals surface area contributed by atoms with E-state index < -0.39 is 0 Å². The summed E-state index contributed by atoms with van der Waals surface area (Å²) in [7, 11) is 0. The van der Waals surface area contributed by atoms with Gasteiger partial charge in [-0.3, -0.25) is 19.1 Å². The zero-order valence-electron chi connectivity index (χ0n) is 25.7. The van der Waals surface area contributed by atoms with Crippen LogP contribution in [0.2, 0.25) is 0 Å². The lowest BCUT2D eigenvalue weighted by atomic mass is 9.35. The molecule has 11 rings (SSSR count). The lowest BCUT2D eigenvalue weighted by Crippen LogP contribution is -2.62. The summed E-state index contributed by atoms with van der Waals surface area (Å²) in [6.45, 7) is -0.0383. The molecule has 1 aliphatic carbocycles. The van der Waals surface area contributed by atoms with Crippen LogP contribution in [0.1, 0.15) is 6.42 Å². The number of hydrogen-bond donors (Lipinski definition) is 0. The first-order valence-electron chi connectivity index (χ1n) is 16.3. The average Bonchev–Trinajstić information content (AvgIpc) is 3.68. The summed E-state index contributed by atoms with van der Waals surface area (Å²) in [4.78, 5) is 17.4. The Hall–Kier alpha value is -6.39. The number of para-hydroxylation sites is 2. The van der Waals surface area contributed by atoms with E-state index in [-0.39, 0.29) is 12.8 Å². The molecule has 8 aromatic rings. The van der Waals surface area contributed by atoms with E-state index in [0.717, 1.165) is 57.0 Å². The lowest BCUT2D eigenvalue weighted by Gasteiger charge is -2.42. The van der Waals surface area contributed by atoms with Gasteiger partial charge >= 0.3 is 0 Å². The zero-order valence-corrected chi connectivity index (χ0v) is 25.7. The Morgan fingerprint density at radius 3 is 2.42 bits per heavy atom. The molecular formula is C41H25BN6. The van der Waals surface area contributed by atoms with Crippen molar-refractivity contribution in [2.45, 2.75) is 12.5 Å². The largest absolute Gasteiger partial charge is 0.333 e. The van der Waals surface area contributed by atoms with Crippen LogP contribution in [0.15, 0.2) is 134 Å². The molecule has 3 aliphatic rings. The molecule has 48 heavy (non-hydrogen) atoms. The van der Waals surface area contributed by atoms with E-state index in [1.54, 1.807) is 0 Å². The van der Waals surface area contributed by atoms with Crippen molar-refractivity contribution in [3.63, 3.8) is 0 Å². The molecule has 0 N–H and O–H groups in total. The molecule has 0 fully saturated rings. The number of fused-ring (bicyclic) bond motifs is 9. The van der Waals surface area contributed by atoms with Crippen LogP contribution in [-0.2, 0) is 0 Å². The van der Waals surface area contributed by atoms with Crippen LogP contribution in [0.5, 0.6) is 0 Å². The third-order valence-electron chi connectivity index (χ3n) is 10.2. The second kappa shape index (κ2) is 9.57. The summed E-state index contributed by atoms with van der Waals surface area (Å²) in [6, 6.07) is 36.8. The molecule has 0 saturated heterocycles. The van der Waals surface area contributed by atoms with Gasteiger partial charge in [0.05, 0.1) is 22.9 Å². The molecule has 1 atom stereocenters. The van der Waals surface area contributed by atoms with E-state index in [2.05, 4.69) is 123 Å². The van der Waals surface area contributed by atoms with Gasteiger partial charge in [-0.2, -0.15) is 0 Å². The molecule has 7 heteroatoms. The summed E-state index contributed by atoms with van der Waals surface area (Å²) >= 11 is 0. The minimum absolute atomic E-state index is 0.0383. The van der Waals surface area contributed by atoms with Crippen molar-refractivity contribution < 1.29 is 0 Å². The predicted octanol–water partition coefficient (Wildman–Crippen LogP) is 6.19. The third-order valence-corrected chi connectivity index (χ3v) is 10.2. The summed E-state index contributed by atoms with van der Waals surface area (Å²) in [5.41, 5.74) is 13.4. The Morgan fingerprint density at radius 2 is 1.54 bits per heavy atom. The van der Waals surface area contributed by atoms with Crippen molar-refractivity contribution in [2.24, 2.45) is 0 Å². The van der Waals surface area contributed by atoms with Crippen LogP contribution in [0, 0.1) is 11.8 Å². The summed E-state index contributed by atoms with van der Waals surface area (Å²) in [5, 5.41) is 3.56. The molecule has 6 nitrogen and oxygen atoms in total. The number of allylic oxidation sites excluding steroid dienone is 1. The standard InChI is InChI=1S/C41H25BN6/c1-3-12-27(13-4-1)46-33-20-11-22-44-39(33)42-31-18-9-16-29-36-30-17-10-23-45-40(30)47(28-14-5-2-6-15-28)41(36)48(38(29)31)35-25-26(24-34(46)37(35)42)32-19-7-8-21-43-32/h2-3,5-12,14-25,27H,13H2. The van der Waals surface area contributed by atoms with Crippen molar-refractivity contribution in [1.82, 2.24) is 24.1 Å². The lowest BCUT2D eigenvalue weighted by molar-refractivity contribution is 0.801. The van der Waals surface area contributed by atoms with Gasteiger partial charge in [-0.1, -0.05) is 60.4 Å². The Bertz CT molecular complexity index is 2730. The van der Waals surface area contributed by atoms with Gasteiger partial charge in [0.1, 0.15) is 11.3 Å². The van der Waals surface area contributed by atoms with E-state index in [0.29, 0.717) is 0 Å². The molecule has 0 saturated carbocycles. The van der Waals surface area contributed by atoms with Gasteiger partial charge in [0.15, 0.2) is 0 Å². The van der Waals surface area contributed by atoms with Crippen LogP contribution < -0.4 is 21.4 Å². The first kappa shape index (κ1) is 25.8. The first-order chi connectivity index (χ1) is 23.9. The summed E-state index contributed by atoms with van der Waals surface area (Å²) < 4.78 is 4.83. The van der Waals surface area contributed by atoms with Crippen LogP contribution in [-0.4, -0.2) is 36.8 Å². The Morgan fingerprint density at radius 1 is 0.708 bits per heavy atom. The van der Waals surface area contributed by atoms with Crippen molar-refractivity contribution >= 4 is 67.6 Å². The monoisotopic (exact) mass is 612 g/mol. The Kier molecular flexibility index (Phi) is 5.14. The fourth-order valence-corrected chi connectivity index (χ4v) is 8.36. The molecule has 0 radical (unpaired) electrons. The topological polar surface area (TPSA) is 51.8 Å². The fraction of sp³-hybridized carbons (Fsp3) is 0.0488. The quantitative estimate of drug-likeness (QED) is 0.176. The highest BCUT2D eigenvalue weighted by molar-refractivity contribution is 6.99. The molecular weight excluding hydrogens is 587 g/mol. The minimum atomic E-state index is -0.0383. The van der Waals surface area contributed by atoms with Crippen LogP contribution in [0.3, 0.4) is 0 Å². The SMILES string of the molecule is C1#CCC(N2c3cccnc3B3c4c2cc(-c2ccccn2)cc4-n2c4c3cccc4c3c4cccnc4n(-c4ccccc4)c32)C=C1. The van der Waals surface area contributed by atoms with Gasteiger partial charge in [0.2, 0.25) is 0 Å². The van der Waals surface area contributed by atoms with Gasteiger partial charge < -0.3 is 4.90 Å². The maximum absolute atomic E-state index is 5.15. The molecule has 0 amide bonds. The second-order valence-corrected chi connectivity index (χ2v) is 12.6. The van der Waals surface area contributed by atoms with Gasteiger partial charge in [0, 0.05) is 69.4 Å². The van der Waals surface area contributed by atoms with Crippen LogP contribution in [0.25, 0.3) is 55.6 Å². The van der Waals surface area contributed by atoms with Crippen molar-refractivity contribution in [2.75, 3.05) is 4.90 Å². The molecule has 7 heterocycles. The average molecular weight is 613 g/mol. The predicted molar refractivity (Wildman–Crippen MR) is 195 cm³/mol. The van der Waals surface area contributed by atoms with Gasteiger partial charge in [-0.05, 0) is 77.7 Å². The van der Waals surface area contributed by atoms with Gasteiger partial charge in [-0.25, -0.2) is 4.98 Å². The number of benzene rings is 3. The first-order valence-corrected chi connectivity index (χ1v) is 16.3. The molecule has 3 aromatic carbocycles. The number of hydrogen-bond acceptors (Lipinski definition) is 4. The minimum Gasteiger partial charge on any atom is -0.333 e. The molecule has 0 bridgehead atoms. The molecule has 1 unspecified atom stereocenters. The second-order valence-electron chi connectivity index (χ2n) is 12.6. The van der Waals surface area contributed by atoms with E-state index in [4.69, 9.17) is 15.0 Å². The maximum atomic E-state index is 5.15. The maximum Gasteiger partial charge on any atom is 0.275 e. The molecule has 222 valence electrons. The summed E-state index contributed by atoms with van der Waals surface area (Å²) in [5.74, 6) is 6.52.